The first-order valence-corrected chi connectivity index (χ1v) is 12.2. The molecule has 36 heavy (non-hydrogen) atoms. The molecule has 1 aliphatic carbocycles. The molecule has 0 saturated heterocycles. The first-order chi connectivity index (χ1) is 17.1. The number of rotatable bonds is 9. The molecule has 2 N–H and O–H groups in total. The lowest BCUT2D eigenvalue weighted by atomic mass is 10.0. The van der Waals surface area contributed by atoms with Crippen LogP contribution in [0.25, 0.3) is 0 Å². The molecule has 9 nitrogen and oxygen atoms in total. The smallest absolute Gasteiger partial charge is 0.335 e. The molecule has 0 bridgehead atoms. The highest BCUT2D eigenvalue weighted by Gasteiger charge is 2.25. The predicted octanol–water partition coefficient (Wildman–Crippen LogP) is 3.65. The molecule has 190 valence electrons. The summed E-state index contributed by atoms with van der Waals surface area (Å²) in [5, 5.41) is 9.80. The number of hydrogen-bond acceptors (Lipinski definition) is 5. The normalized spacial score (nSPS) is 15.5. The molecular weight excluding hydrogens is 484 g/mol. The number of carbonyl (C=O) groups is 1. The molecule has 0 radical (unpaired) electrons. The summed E-state index contributed by atoms with van der Waals surface area (Å²) in [5.74, 6) is -0.933. The Morgan fingerprint density at radius 2 is 1.89 bits per heavy atom. The van der Waals surface area contributed by atoms with Crippen molar-refractivity contribution in [1.82, 2.24) is 14.1 Å². The minimum atomic E-state index is -1.11. The van der Waals surface area contributed by atoms with Crippen LogP contribution < -0.4 is 21.7 Å². The van der Waals surface area contributed by atoms with Crippen LogP contribution in [0.4, 0.5) is 5.69 Å². The van der Waals surface area contributed by atoms with E-state index in [-0.39, 0.29) is 12.2 Å². The molecule has 2 atom stereocenters. The highest BCUT2D eigenvalue weighted by atomic mass is 35.5. The number of nitrogens with zero attached hydrogens (tertiary/aromatic N) is 3. The summed E-state index contributed by atoms with van der Waals surface area (Å²) in [6, 6.07) is 11.7. The monoisotopic (exact) mass is 512 g/mol. The third-order valence-corrected chi connectivity index (χ3v) is 6.73. The Morgan fingerprint density at radius 3 is 2.50 bits per heavy atom. The largest absolute Gasteiger partial charge is 0.492 e. The van der Waals surface area contributed by atoms with E-state index in [1.165, 1.54) is 18.4 Å². The van der Waals surface area contributed by atoms with Crippen LogP contribution in [0.2, 0.25) is 5.02 Å². The third-order valence-electron chi connectivity index (χ3n) is 6.43. The second-order valence-corrected chi connectivity index (χ2v) is 9.73. The zero-order chi connectivity index (χ0) is 26.0. The van der Waals surface area contributed by atoms with Gasteiger partial charge in [0.25, 0.3) is 0 Å². The fraction of sp³-hybridized carbons (Fsp3) is 0.385. The van der Waals surface area contributed by atoms with E-state index in [9.17, 15) is 19.5 Å². The molecule has 2 aromatic carbocycles. The van der Waals surface area contributed by atoms with Crippen LogP contribution >= 0.6 is 11.6 Å². The van der Waals surface area contributed by atoms with Crippen LogP contribution in [0.5, 0.6) is 5.75 Å². The summed E-state index contributed by atoms with van der Waals surface area (Å²) in [6.45, 7) is 5.69. The number of aryl methyl sites for hydroxylation is 1. The summed E-state index contributed by atoms with van der Waals surface area (Å²) in [6.07, 6.45) is 2.32. The number of carboxylic acids is 1. The summed E-state index contributed by atoms with van der Waals surface area (Å²) in [7, 11) is 0. The Morgan fingerprint density at radius 1 is 1.19 bits per heavy atom. The second-order valence-electron chi connectivity index (χ2n) is 9.33. The van der Waals surface area contributed by atoms with E-state index >= 15 is 0 Å². The minimum Gasteiger partial charge on any atom is -0.492 e. The molecule has 0 spiro atoms. The maximum Gasteiger partial charge on any atom is 0.335 e. The van der Waals surface area contributed by atoms with E-state index in [1.807, 2.05) is 31.2 Å². The van der Waals surface area contributed by atoms with Gasteiger partial charge >= 0.3 is 17.3 Å². The molecule has 1 aliphatic rings. The van der Waals surface area contributed by atoms with Gasteiger partial charge in [-0.15, -0.1) is 0 Å². The van der Waals surface area contributed by atoms with Gasteiger partial charge in [-0.2, -0.15) is 0 Å². The van der Waals surface area contributed by atoms with Crippen molar-refractivity contribution in [2.75, 3.05) is 6.61 Å². The topological polar surface area (TPSA) is 119 Å². The zero-order valence-electron chi connectivity index (χ0n) is 20.4. The average Bonchev–Trinajstić information content (AvgIpc) is 3.66. The van der Waals surface area contributed by atoms with E-state index in [0.29, 0.717) is 29.0 Å². The predicted molar refractivity (Wildman–Crippen MR) is 136 cm³/mol. The molecule has 0 amide bonds. The fourth-order valence-electron chi connectivity index (χ4n) is 3.72. The molecule has 10 heteroatoms. The standard InChI is InChI=1S/C26H29ClN4O5/c1-15-4-6-18(7-5-15)13-30-24(29-25(34)31(26(30)35)17(3)16(2)23(32)33)28-20-10-11-22(21(27)12-20)36-14-19-8-9-19/h4-7,10-12,16-17,19H,8-9,13-14H2,1-3H3,(H,32,33)(H,28,29,34)/t16-,17?/m1/s1. The first kappa shape index (κ1) is 25.5. The minimum absolute atomic E-state index is 0.0275. The average molecular weight is 513 g/mol. The fourth-order valence-corrected chi connectivity index (χ4v) is 3.95. The number of aromatic amines is 1. The maximum atomic E-state index is 13.5. The zero-order valence-corrected chi connectivity index (χ0v) is 21.2. The Balaban J connectivity index is 1.80. The van der Waals surface area contributed by atoms with Crippen LogP contribution in [-0.2, 0) is 11.3 Å². The second kappa shape index (κ2) is 10.6. The molecule has 4 rings (SSSR count). The van der Waals surface area contributed by atoms with Crippen LogP contribution in [-0.4, -0.2) is 31.8 Å². The van der Waals surface area contributed by atoms with Gasteiger partial charge in [-0.1, -0.05) is 41.4 Å². The SMILES string of the molecule is Cc1ccc(Cn2c(=O)n(C(C)[C@@H](C)C(=O)O)c(=O)[nH]/c2=N\c2ccc(OCC3CC3)c(Cl)c2)cc1. The number of hydrogen-bond donors (Lipinski definition) is 2. The molecule has 1 unspecified atom stereocenters. The first-order valence-electron chi connectivity index (χ1n) is 11.8. The lowest BCUT2D eigenvalue weighted by Crippen LogP contribution is -2.52. The quantitative estimate of drug-likeness (QED) is 0.453. The summed E-state index contributed by atoms with van der Waals surface area (Å²) < 4.78 is 8.01. The number of halogens is 1. The van der Waals surface area contributed by atoms with E-state index in [1.54, 1.807) is 18.2 Å². The van der Waals surface area contributed by atoms with Gasteiger partial charge in [0.2, 0.25) is 5.62 Å². The van der Waals surface area contributed by atoms with Crippen molar-refractivity contribution in [2.45, 2.75) is 46.2 Å². The number of nitrogens with one attached hydrogen (secondary N) is 1. The lowest BCUT2D eigenvalue weighted by molar-refractivity contribution is -0.142. The van der Waals surface area contributed by atoms with Crippen molar-refractivity contribution < 1.29 is 14.6 Å². The van der Waals surface area contributed by atoms with Crippen molar-refractivity contribution in [3.05, 3.63) is 85.2 Å². The van der Waals surface area contributed by atoms with E-state index in [4.69, 9.17) is 16.3 Å². The van der Waals surface area contributed by atoms with E-state index in [0.717, 1.165) is 28.5 Å². The number of benzene rings is 2. The van der Waals surface area contributed by atoms with Crippen LogP contribution in [0.3, 0.4) is 0 Å². The molecule has 1 saturated carbocycles. The van der Waals surface area contributed by atoms with Crippen LogP contribution in [0.1, 0.15) is 43.9 Å². The van der Waals surface area contributed by atoms with Crippen LogP contribution in [0.15, 0.2) is 57.0 Å². The highest BCUT2D eigenvalue weighted by Crippen LogP contribution is 2.33. The van der Waals surface area contributed by atoms with Crippen molar-refractivity contribution in [3.8, 4) is 5.75 Å². The van der Waals surface area contributed by atoms with Gasteiger partial charge in [-0.25, -0.2) is 19.1 Å². The molecular formula is C26H29ClN4O5. The van der Waals surface area contributed by atoms with Gasteiger partial charge in [-0.3, -0.25) is 14.3 Å². The van der Waals surface area contributed by atoms with Gasteiger partial charge in [0.05, 0.1) is 35.8 Å². The molecule has 1 aromatic heterocycles. The van der Waals surface area contributed by atoms with Crippen molar-refractivity contribution in [1.29, 1.82) is 0 Å². The van der Waals surface area contributed by atoms with Gasteiger partial charge < -0.3 is 9.84 Å². The number of H-pyrrole nitrogens is 1. The van der Waals surface area contributed by atoms with Crippen molar-refractivity contribution >= 4 is 23.3 Å². The summed E-state index contributed by atoms with van der Waals surface area (Å²) >= 11 is 6.39. The number of ether oxygens (including phenoxy) is 1. The Kier molecular flexibility index (Phi) is 7.49. The Labute approximate surface area is 212 Å². The van der Waals surface area contributed by atoms with Crippen LogP contribution in [0, 0.1) is 18.8 Å². The number of aromatic nitrogens is 3. The third kappa shape index (κ3) is 5.79. The van der Waals surface area contributed by atoms with Gasteiger partial charge in [0.15, 0.2) is 0 Å². The molecule has 1 fully saturated rings. The van der Waals surface area contributed by atoms with Crippen molar-refractivity contribution in [3.63, 3.8) is 0 Å². The van der Waals surface area contributed by atoms with Gasteiger partial charge in [0, 0.05) is 0 Å². The lowest BCUT2D eigenvalue weighted by Gasteiger charge is -2.19. The van der Waals surface area contributed by atoms with E-state index in [2.05, 4.69) is 9.98 Å². The number of carboxylic acid groups (broad SMARTS) is 1. The Bertz CT molecular complexity index is 1450. The number of aliphatic carboxylic acids is 1. The summed E-state index contributed by atoms with van der Waals surface area (Å²) in [5.41, 5.74) is 0.939. The highest BCUT2D eigenvalue weighted by molar-refractivity contribution is 6.32. The molecule has 3 aromatic rings. The van der Waals surface area contributed by atoms with E-state index < -0.39 is 29.3 Å². The molecule has 0 aliphatic heterocycles. The Hall–Kier alpha value is -3.59. The summed E-state index contributed by atoms with van der Waals surface area (Å²) in [4.78, 5) is 45.2. The van der Waals surface area contributed by atoms with Gasteiger partial charge in [-0.05, 0) is 63.3 Å². The van der Waals surface area contributed by atoms with Gasteiger partial charge in [0.1, 0.15) is 5.75 Å². The van der Waals surface area contributed by atoms with Crippen molar-refractivity contribution in [2.24, 2.45) is 16.8 Å². The molecule has 1 heterocycles. The maximum absolute atomic E-state index is 13.5.